The number of methoxy groups -OCH3 is 1. The second-order valence-corrected chi connectivity index (χ2v) is 5.85. The fourth-order valence-electron chi connectivity index (χ4n) is 2.89. The molecule has 0 radical (unpaired) electrons. The Kier molecular flexibility index (Phi) is 5.31. The zero-order valence-electron chi connectivity index (χ0n) is 12.1. The van der Waals surface area contributed by atoms with Gasteiger partial charge in [-0.2, -0.15) is 0 Å². The molecule has 1 aliphatic rings. The Hall–Kier alpha value is -1.46. The second-order valence-electron chi connectivity index (χ2n) is 5.44. The third kappa shape index (κ3) is 4.02. The highest BCUT2D eigenvalue weighted by atomic mass is 35.5. The molecular weight excluding hydrogens is 292 g/mol. The van der Waals surface area contributed by atoms with Gasteiger partial charge < -0.3 is 15.6 Å². The molecule has 0 unspecified atom stereocenters. The van der Waals surface area contributed by atoms with Crippen molar-refractivity contribution >= 4 is 17.5 Å². The van der Waals surface area contributed by atoms with Crippen molar-refractivity contribution in [3.63, 3.8) is 0 Å². The van der Waals surface area contributed by atoms with Crippen LogP contribution in [-0.4, -0.2) is 35.6 Å². The minimum Gasteiger partial charge on any atom is -0.503 e. The maximum Gasteiger partial charge on any atom is 0.231 e. The minimum absolute atomic E-state index is 0.0646. The number of carbonyl (C=O) groups excluding carboxylic acids is 1. The largest absolute Gasteiger partial charge is 0.503 e. The smallest absolute Gasteiger partial charge is 0.231 e. The van der Waals surface area contributed by atoms with Crippen LogP contribution in [0.15, 0.2) is 12.1 Å². The number of aromatic hydroxyl groups is 1. The first-order valence-corrected chi connectivity index (χ1v) is 7.46. The van der Waals surface area contributed by atoms with Crippen LogP contribution >= 0.6 is 11.6 Å². The standard InChI is InChI=1S/C15H21ClN2O3/c1-21-13-7-10(6-12(16)15(13)20)8-18(9-14(17)19)11-4-2-3-5-11/h6-7,11,20H,2-5,8-9H2,1H3,(H2,17,19). The van der Waals surface area contributed by atoms with Gasteiger partial charge in [-0.05, 0) is 30.5 Å². The van der Waals surface area contributed by atoms with E-state index in [1.807, 2.05) is 0 Å². The van der Waals surface area contributed by atoms with E-state index in [0.717, 1.165) is 18.4 Å². The molecule has 0 aromatic heterocycles. The summed E-state index contributed by atoms with van der Waals surface area (Å²) in [5.41, 5.74) is 6.24. The summed E-state index contributed by atoms with van der Waals surface area (Å²) >= 11 is 6.01. The summed E-state index contributed by atoms with van der Waals surface area (Å²) in [5, 5.41) is 10.0. The van der Waals surface area contributed by atoms with Crippen LogP contribution in [0, 0.1) is 0 Å². The number of carbonyl (C=O) groups is 1. The molecule has 21 heavy (non-hydrogen) atoms. The molecule has 1 amide bonds. The predicted molar refractivity (Wildman–Crippen MR) is 81.5 cm³/mol. The Labute approximate surface area is 129 Å². The summed E-state index contributed by atoms with van der Waals surface area (Å²) in [6, 6.07) is 3.81. The highest BCUT2D eigenvalue weighted by molar-refractivity contribution is 6.32. The van der Waals surface area contributed by atoms with Crippen molar-refractivity contribution in [1.82, 2.24) is 4.90 Å². The van der Waals surface area contributed by atoms with E-state index < -0.39 is 0 Å². The second kappa shape index (κ2) is 7.00. The maximum absolute atomic E-state index is 11.3. The van der Waals surface area contributed by atoms with Crippen LogP contribution in [0.4, 0.5) is 0 Å². The van der Waals surface area contributed by atoms with Crippen molar-refractivity contribution in [3.05, 3.63) is 22.7 Å². The predicted octanol–water partition coefficient (Wildman–Crippen LogP) is 2.28. The Morgan fingerprint density at radius 3 is 2.71 bits per heavy atom. The van der Waals surface area contributed by atoms with Gasteiger partial charge in [0.05, 0.1) is 18.7 Å². The summed E-state index contributed by atoms with van der Waals surface area (Å²) in [6.45, 7) is 0.787. The number of primary amides is 1. The lowest BCUT2D eigenvalue weighted by molar-refractivity contribution is -0.119. The molecule has 1 aromatic rings. The third-order valence-corrected chi connectivity index (χ3v) is 4.18. The molecule has 2 rings (SSSR count). The molecule has 0 spiro atoms. The van der Waals surface area contributed by atoms with E-state index in [9.17, 15) is 9.90 Å². The van der Waals surface area contributed by atoms with Crippen molar-refractivity contribution in [3.8, 4) is 11.5 Å². The molecule has 5 nitrogen and oxygen atoms in total. The summed E-state index contributed by atoms with van der Waals surface area (Å²) in [6.07, 6.45) is 4.52. The minimum atomic E-state index is -0.334. The highest BCUT2D eigenvalue weighted by Gasteiger charge is 2.24. The van der Waals surface area contributed by atoms with Crippen molar-refractivity contribution in [2.45, 2.75) is 38.3 Å². The molecule has 1 saturated carbocycles. The average molecular weight is 313 g/mol. The van der Waals surface area contributed by atoms with Gasteiger partial charge in [-0.3, -0.25) is 9.69 Å². The van der Waals surface area contributed by atoms with Crippen LogP contribution in [0.3, 0.4) is 0 Å². The van der Waals surface area contributed by atoms with Gasteiger partial charge in [0.2, 0.25) is 5.91 Å². The number of nitrogens with two attached hydrogens (primary N) is 1. The van der Waals surface area contributed by atoms with Crippen LogP contribution in [0.1, 0.15) is 31.2 Å². The SMILES string of the molecule is COc1cc(CN(CC(N)=O)C2CCCC2)cc(Cl)c1O. The monoisotopic (exact) mass is 312 g/mol. The molecule has 0 atom stereocenters. The van der Waals surface area contributed by atoms with E-state index in [4.69, 9.17) is 22.1 Å². The van der Waals surface area contributed by atoms with Crippen molar-refractivity contribution in [2.75, 3.05) is 13.7 Å². The first-order chi connectivity index (χ1) is 10.0. The highest BCUT2D eigenvalue weighted by Crippen LogP contribution is 2.35. The van der Waals surface area contributed by atoms with Gasteiger partial charge in [-0.25, -0.2) is 0 Å². The average Bonchev–Trinajstić information content (AvgIpc) is 2.95. The van der Waals surface area contributed by atoms with Crippen LogP contribution < -0.4 is 10.5 Å². The zero-order valence-corrected chi connectivity index (χ0v) is 12.9. The van der Waals surface area contributed by atoms with Crippen molar-refractivity contribution in [1.29, 1.82) is 0 Å². The Balaban J connectivity index is 2.19. The molecule has 6 heteroatoms. The zero-order chi connectivity index (χ0) is 15.4. The number of phenolic OH excluding ortho intramolecular Hbond substituents is 1. The summed E-state index contributed by atoms with van der Waals surface area (Å²) in [4.78, 5) is 13.4. The fourth-order valence-corrected chi connectivity index (χ4v) is 3.13. The van der Waals surface area contributed by atoms with Crippen LogP contribution in [0.2, 0.25) is 5.02 Å². The van der Waals surface area contributed by atoms with E-state index in [1.54, 1.807) is 12.1 Å². The van der Waals surface area contributed by atoms with E-state index in [1.165, 1.54) is 20.0 Å². The van der Waals surface area contributed by atoms with E-state index in [0.29, 0.717) is 18.3 Å². The lowest BCUT2D eigenvalue weighted by Crippen LogP contribution is -2.39. The number of hydrogen-bond donors (Lipinski definition) is 2. The van der Waals surface area contributed by atoms with Crippen LogP contribution in [0.25, 0.3) is 0 Å². The van der Waals surface area contributed by atoms with E-state index in [2.05, 4.69) is 4.90 Å². The molecule has 0 bridgehead atoms. The van der Waals surface area contributed by atoms with E-state index >= 15 is 0 Å². The molecule has 1 aromatic carbocycles. The Morgan fingerprint density at radius 2 is 2.14 bits per heavy atom. The lowest BCUT2D eigenvalue weighted by atomic mass is 10.1. The number of ether oxygens (including phenoxy) is 1. The first-order valence-electron chi connectivity index (χ1n) is 7.09. The van der Waals surface area contributed by atoms with E-state index in [-0.39, 0.29) is 23.2 Å². The van der Waals surface area contributed by atoms with Crippen molar-refractivity contribution < 1.29 is 14.6 Å². The van der Waals surface area contributed by atoms with Crippen LogP contribution in [0.5, 0.6) is 11.5 Å². The number of rotatable bonds is 6. The Bertz CT molecular complexity index is 516. The molecule has 3 N–H and O–H groups in total. The molecule has 1 aliphatic carbocycles. The number of nitrogens with zero attached hydrogens (tertiary/aromatic N) is 1. The summed E-state index contributed by atoms with van der Waals surface area (Å²) < 4.78 is 5.11. The molecule has 0 saturated heterocycles. The normalized spacial score (nSPS) is 15.6. The van der Waals surface area contributed by atoms with Crippen molar-refractivity contribution in [2.24, 2.45) is 5.73 Å². The van der Waals surface area contributed by atoms with Gasteiger partial charge in [0.1, 0.15) is 0 Å². The van der Waals surface area contributed by atoms with Gasteiger partial charge in [0.25, 0.3) is 0 Å². The summed E-state index contributed by atoms with van der Waals surface area (Å²) in [5.74, 6) is -0.0630. The van der Waals surface area contributed by atoms with Gasteiger partial charge in [-0.1, -0.05) is 24.4 Å². The third-order valence-electron chi connectivity index (χ3n) is 3.89. The number of hydrogen-bond acceptors (Lipinski definition) is 4. The summed E-state index contributed by atoms with van der Waals surface area (Å²) in [7, 11) is 1.48. The molecule has 1 fully saturated rings. The number of phenols is 1. The topological polar surface area (TPSA) is 75.8 Å². The van der Waals surface area contributed by atoms with Gasteiger partial charge in [-0.15, -0.1) is 0 Å². The first kappa shape index (κ1) is 15.9. The van der Waals surface area contributed by atoms with Crippen LogP contribution in [-0.2, 0) is 11.3 Å². The van der Waals surface area contributed by atoms with Gasteiger partial charge in [0.15, 0.2) is 11.5 Å². The lowest BCUT2D eigenvalue weighted by Gasteiger charge is -2.27. The quantitative estimate of drug-likeness (QED) is 0.845. The fraction of sp³-hybridized carbons (Fsp3) is 0.533. The van der Waals surface area contributed by atoms with Gasteiger partial charge >= 0.3 is 0 Å². The molecule has 116 valence electrons. The number of benzene rings is 1. The number of halogens is 1. The Morgan fingerprint density at radius 1 is 1.48 bits per heavy atom. The van der Waals surface area contributed by atoms with Gasteiger partial charge in [0, 0.05) is 12.6 Å². The molecule has 0 heterocycles. The molecule has 0 aliphatic heterocycles. The maximum atomic E-state index is 11.3. The number of amides is 1. The molecular formula is C15H21ClN2O3.